The van der Waals surface area contributed by atoms with Gasteiger partial charge in [0, 0.05) is 19.0 Å². The van der Waals surface area contributed by atoms with Crippen molar-refractivity contribution in [3.8, 4) is 0 Å². The van der Waals surface area contributed by atoms with E-state index in [9.17, 15) is 43.5 Å². The van der Waals surface area contributed by atoms with Crippen LogP contribution >= 0.6 is 15.6 Å². The van der Waals surface area contributed by atoms with Crippen LogP contribution in [-0.2, 0) is 46.3 Å². The van der Waals surface area contributed by atoms with Crippen LogP contribution in [0.4, 0.5) is 5.82 Å². The van der Waals surface area contributed by atoms with Crippen molar-refractivity contribution in [2.75, 3.05) is 25.6 Å². The Labute approximate surface area is 415 Å². The molecular weight excluding hydrogens is 945 g/mol. The lowest BCUT2D eigenvalue weighted by atomic mass is 10.1. The quantitative estimate of drug-likeness (QED) is 0.0177. The second-order valence-electron chi connectivity index (χ2n) is 17.3. The van der Waals surface area contributed by atoms with E-state index in [1.54, 1.807) is 0 Å². The van der Waals surface area contributed by atoms with Crippen molar-refractivity contribution in [2.45, 2.75) is 199 Å². The van der Waals surface area contributed by atoms with Gasteiger partial charge in [-0.2, -0.15) is 9.29 Å². The zero-order valence-corrected chi connectivity index (χ0v) is 43.3. The van der Waals surface area contributed by atoms with Crippen LogP contribution in [0.15, 0.2) is 77.8 Å². The highest BCUT2D eigenvalue weighted by Crippen LogP contribution is 2.60. The number of carbonyl (C=O) groups is 2. The number of anilines is 1. The van der Waals surface area contributed by atoms with Gasteiger partial charge in [0.25, 0.3) is 0 Å². The van der Waals surface area contributed by atoms with Gasteiger partial charge in [-0.25, -0.2) is 13.9 Å². The second kappa shape index (κ2) is 38.1. The molecule has 0 saturated carbocycles. The van der Waals surface area contributed by atoms with Crippen LogP contribution in [0, 0.1) is 0 Å². The molecule has 0 radical (unpaired) electrons. The molecule has 0 aromatic carbocycles. The minimum absolute atomic E-state index is 0.0192. The van der Waals surface area contributed by atoms with E-state index in [1.807, 2.05) is 0 Å². The van der Waals surface area contributed by atoms with Crippen molar-refractivity contribution >= 4 is 33.4 Å². The number of phosphoric ester groups is 2. The molecule has 2 rings (SSSR count). The molecule has 7 atom stereocenters. The third-order valence-electron chi connectivity index (χ3n) is 11.1. The van der Waals surface area contributed by atoms with Crippen molar-refractivity contribution in [3.05, 3.63) is 83.5 Å². The van der Waals surface area contributed by atoms with Gasteiger partial charge in [0.2, 0.25) is 0 Å². The largest absolute Gasteiger partial charge is 0.481 e. The van der Waals surface area contributed by atoms with E-state index in [0.29, 0.717) is 12.8 Å². The summed E-state index contributed by atoms with van der Waals surface area (Å²) in [6.07, 6.45) is 37.2. The Bertz CT molecular complexity index is 1910. The molecule has 1 aromatic heterocycles. The van der Waals surface area contributed by atoms with Crippen LogP contribution in [0.1, 0.15) is 174 Å². The summed E-state index contributed by atoms with van der Waals surface area (Å²) in [5, 5.41) is 20.9. The molecule has 18 nitrogen and oxygen atoms in total. The molecule has 0 spiro atoms. The molecule has 0 aliphatic carbocycles. The number of nitrogens with two attached hydrogens (primary N) is 1. The first-order chi connectivity index (χ1) is 33.7. The number of nitrogens with zero attached hydrogens (tertiary/aromatic N) is 2. The summed E-state index contributed by atoms with van der Waals surface area (Å²) in [6, 6.07) is 1.25. The summed E-state index contributed by atoms with van der Waals surface area (Å²) in [5.41, 5.74) is 4.59. The van der Waals surface area contributed by atoms with Crippen LogP contribution < -0.4 is 11.4 Å². The van der Waals surface area contributed by atoms with Crippen LogP contribution in [0.3, 0.4) is 0 Å². The van der Waals surface area contributed by atoms with Gasteiger partial charge in [-0.3, -0.25) is 23.2 Å². The molecule has 20 heteroatoms. The molecule has 1 saturated heterocycles. The molecule has 6 N–H and O–H groups in total. The number of ether oxygens (including phenoxy) is 3. The molecule has 3 unspecified atom stereocenters. The normalized spacial score (nSPS) is 19.7. The SMILES string of the molecule is CC/C=C\C/C=C\C/C=C\C/C=C\CCCCCCC(=O)O[C@H](COC(=O)CCCCCCCCC/C=C\CCCCCC)COP(=O)(O)OP(=O)(O)OC[C@H]1O[C@@H](n2ccc(N)nc2=O)C(O)[C@H]1O. The lowest BCUT2D eigenvalue weighted by Gasteiger charge is -2.21. The van der Waals surface area contributed by atoms with Crippen molar-refractivity contribution in [1.29, 1.82) is 0 Å². The Morgan fingerprint density at radius 1 is 0.700 bits per heavy atom. The van der Waals surface area contributed by atoms with E-state index in [4.69, 9.17) is 29.0 Å². The van der Waals surface area contributed by atoms with Gasteiger partial charge in [-0.1, -0.05) is 139 Å². The number of carbonyl (C=O) groups excluding carboxylic acids is 2. The molecule has 1 aliphatic heterocycles. The van der Waals surface area contributed by atoms with Gasteiger partial charge >= 0.3 is 33.3 Å². The fourth-order valence-electron chi connectivity index (χ4n) is 7.18. The van der Waals surface area contributed by atoms with Crippen molar-refractivity contribution in [2.24, 2.45) is 0 Å². The van der Waals surface area contributed by atoms with E-state index < -0.39 is 83.7 Å². The molecule has 398 valence electrons. The Kier molecular flexibility index (Phi) is 34.1. The van der Waals surface area contributed by atoms with Gasteiger partial charge in [0.05, 0.1) is 13.2 Å². The molecular formula is C50H83N3O15P2. The summed E-state index contributed by atoms with van der Waals surface area (Å²) in [5.74, 6) is -1.33. The topological polar surface area (TPSA) is 265 Å². The van der Waals surface area contributed by atoms with E-state index in [0.717, 1.165) is 113 Å². The Hall–Kier alpha value is -3.54. The monoisotopic (exact) mass is 1030 g/mol. The summed E-state index contributed by atoms with van der Waals surface area (Å²) >= 11 is 0. The Balaban J connectivity index is 1.82. The zero-order chi connectivity index (χ0) is 51.3. The Morgan fingerprint density at radius 3 is 1.77 bits per heavy atom. The maximum absolute atomic E-state index is 12.9. The summed E-state index contributed by atoms with van der Waals surface area (Å²) in [7, 11) is -10.9. The molecule has 0 bridgehead atoms. The maximum atomic E-state index is 12.9. The van der Waals surface area contributed by atoms with Crippen LogP contribution in [-0.4, -0.2) is 85.7 Å². The lowest BCUT2D eigenvalue weighted by Crippen LogP contribution is -2.36. The number of unbranched alkanes of at least 4 members (excludes halogenated alkanes) is 15. The molecule has 2 heterocycles. The summed E-state index contributed by atoms with van der Waals surface area (Å²) in [4.78, 5) is 61.9. The number of nitrogen functional groups attached to an aromatic ring is 1. The molecule has 1 aromatic rings. The van der Waals surface area contributed by atoms with Gasteiger partial charge < -0.3 is 39.9 Å². The van der Waals surface area contributed by atoms with Crippen molar-refractivity contribution in [1.82, 2.24) is 9.55 Å². The van der Waals surface area contributed by atoms with E-state index in [2.05, 4.69) is 83.9 Å². The van der Waals surface area contributed by atoms with E-state index in [-0.39, 0.29) is 18.7 Å². The highest BCUT2D eigenvalue weighted by Gasteiger charge is 2.46. The molecule has 0 amide bonds. The van der Waals surface area contributed by atoms with Crippen LogP contribution in [0.25, 0.3) is 0 Å². The van der Waals surface area contributed by atoms with Crippen molar-refractivity contribution in [3.63, 3.8) is 0 Å². The number of phosphoric acid groups is 2. The Morgan fingerprint density at radius 2 is 1.20 bits per heavy atom. The highest BCUT2D eigenvalue weighted by molar-refractivity contribution is 7.61. The number of aromatic nitrogens is 2. The van der Waals surface area contributed by atoms with Crippen LogP contribution in [0.2, 0.25) is 0 Å². The number of aliphatic hydroxyl groups is 2. The lowest BCUT2D eigenvalue weighted by molar-refractivity contribution is -0.161. The molecule has 1 aliphatic rings. The predicted molar refractivity (Wildman–Crippen MR) is 270 cm³/mol. The fraction of sp³-hybridized carbons (Fsp3) is 0.680. The number of aliphatic hydroxyl groups excluding tert-OH is 2. The smallest absolute Gasteiger partial charge is 0.462 e. The highest BCUT2D eigenvalue weighted by atomic mass is 31.3. The number of rotatable bonds is 41. The van der Waals surface area contributed by atoms with E-state index in [1.165, 1.54) is 31.7 Å². The minimum atomic E-state index is -5.43. The third kappa shape index (κ3) is 30.4. The number of esters is 2. The standard InChI is InChI=1S/C50H83N3O15P2/c1-3-5-7-9-11-13-15-17-19-20-22-24-26-28-30-32-34-36-46(55)66-42(39-63-45(54)35-33-31-29-27-25-23-21-18-16-14-12-10-8-6-4-2)40-64-69(59,60)68-70(61,62)65-41-43-47(56)48(57)49(67-43)53-38-37-44(51)52-50(53)58/h5,7,11,13-14,16-17,19,22,24,37-38,42-43,47-49,56-57H,3-4,6,8-10,12,15,18,20-21,23,25-36,39-41H2,1-2H3,(H,59,60)(H,61,62)(H2,51,52,58)/b7-5-,13-11-,16-14-,19-17-,24-22-/t42-,43-,47+,48?,49-/m1/s1. The third-order valence-corrected chi connectivity index (χ3v) is 13.7. The first kappa shape index (κ1) is 62.6. The molecule has 70 heavy (non-hydrogen) atoms. The van der Waals surface area contributed by atoms with Gasteiger partial charge in [0.15, 0.2) is 12.3 Å². The number of hydrogen-bond acceptors (Lipinski definition) is 15. The average molecular weight is 1030 g/mol. The predicted octanol–water partition coefficient (Wildman–Crippen LogP) is 10.3. The zero-order valence-electron chi connectivity index (χ0n) is 41.6. The van der Waals surface area contributed by atoms with Crippen LogP contribution in [0.5, 0.6) is 0 Å². The fourth-order valence-corrected chi connectivity index (χ4v) is 9.29. The average Bonchev–Trinajstić information content (AvgIpc) is 3.59. The minimum Gasteiger partial charge on any atom is -0.462 e. The van der Waals surface area contributed by atoms with E-state index >= 15 is 0 Å². The first-order valence-corrected chi connectivity index (χ1v) is 28.3. The van der Waals surface area contributed by atoms with Gasteiger partial charge in [0.1, 0.15) is 30.7 Å². The summed E-state index contributed by atoms with van der Waals surface area (Å²) < 4.78 is 56.8. The maximum Gasteiger partial charge on any atom is 0.481 e. The number of allylic oxidation sites excluding steroid dienone is 10. The van der Waals surface area contributed by atoms with Crippen molar-refractivity contribution < 1.29 is 66.3 Å². The number of hydrogen-bond donors (Lipinski definition) is 5. The molecule has 1 fully saturated rings. The summed E-state index contributed by atoms with van der Waals surface area (Å²) in [6.45, 7) is 2.00. The van der Waals surface area contributed by atoms with Gasteiger partial charge in [-0.05, 0) is 83.1 Å². The second-order valence-corrected chi connectivity index (χ2v) is 20.3. The van der Waals surface area contributed by atoms with Gasteiger partial charge in [-0.15, -0.1) is 0 Å². The first-order valence-electron chi connectivity index (χ1n) is 25.3.